The lowest BCUT2D eigenvalue weighted by Crippen LogP contribution is -2.22. The van der Waals surface area contributed by atoms with E-state index >= 15 is 0 Å². The van der Waals surface area contributed by atoms with Crippen molar-refractivity contribution in [1.82, 2.24) is 5.32 Å². The van der Waals surface area contributed by atoms with E-state index in [1.54, 1.807) is 7.11 Å². The summed E-state index contributed by atoms with van der Waals surface area (Å²) in [7, 11) is 1.62. The van der Waals surface area contributed by atoms with Gasteiger partial charge in [-0.1, -0.05) is 12.1 Å². The minimum Gasteiger partial charge on any atom is -0.497 e. The largest absolute Gasteiger partial charge is 0.497 e. The van der Waals surface area contributed by atoms with E-state index < -0.39 is 0 Å². The molecule has 88 valence electrons. The van der Waals surface area contributed by atoms with Crippen LogP contribution in [0.2, 0.25) is 0 Å². The molecule has 0 atom stereocenters. The fraction of sp³-hybridized carbons (Fsp3) is 0.417. The first kappa shape index (κ1) is 12.5. The summed E-state index contributed by atoms with van der Waals surface area (Å²) in [5.74, 6) is 0.764. The lowest BCUT2D eigenvalue weighted by Gasteiger charge is -2.05. The van der Waals surface area contributed by atoms with Crippen molar-refractivity contribution in [3.8, 4) is 5.75 Å². The normalized spacial score (nSPS) is 9.88. The number of carbonyl (C=O) groups is 1. The molecule has 0 unspecified atom stereocenters. The van der Waals surface area contributed by atoms with Gasteiger partial charge in [0.05, 0.1) is 7.11 Å². The molecule has 2 N–H and O–H groups in total. The quantitative estimate of drug-likeness (QED) is 0.758. The fourth-order valence-corrected chi connectivity index (χ4v) is 1.27. The van der Waals surface area contributed by atoms with Gasteiger partial charge in [-0.15, -0.1) is 0 Å². The van der Waals surface area contributed by atoms with Gasteiger partial charge in [0.2, 0.25) is 5.91 Å². The monoisotopic (exact) mass is 223 g/mol. The van der Waals surface area contributed by atoms with Gasteiger partial charge in [-0.3, -0.25) is 4.79 Å². The molecule has 4 nitrogen and oxygen atoms in total. The highest BCUT2D eigenvalue weighted by atomic mass is 16.5. The van der Waals surface area contributed by atoms with Crippen LogP contribution in [0.15, 0.2) is 24.3 Å². The minimum atomic E-state index is -0.0372. The predicted molar refractivity (Wildman–Crippen MR) is 61.2 cm³/mol. The maximum Gasteiger partial charge on any atom is 0.220 e. The molecule has 1 amide bonds. The van der Waals surface area contributed by atoms with Crippen LogP contribution in [0.3, 0.4) is 0 Å². The second-order valence-corrected chi connectivity index (χ2v) is 3.45. The van der Waals surface area contributed by atoms with Gasteiger partial charge >= 0.3 is 0 Å². The summed E-state index contributed by atoms with van der Waals surface area (Å²) in [6.07, 6.45) is 0.876. The van der Waals surface area contributed by atoms with E-state index in [9.17, 15) is 4.79 Å². The number of hydrogen-bond acceptors (Lipinski definition) is 3. The van der Waals surface area contributed by atoms with Crippen molar-refractivity contribution >= 4 is 5.91 Å². The number of aliphatic hydroxyl groups is 1. The molecule has 4 heteroatoms. The van der Waals surface area contributed by atoms with E-state index in [1.165, 1.54) is 0 Å². The summed E-state index contributed by atoms with van der Waals surface area (Å²) in [4.78, 5) is 11.3. The smallest absolute Gasteiger partial charge is 0.220 e. The molecule has 0 aliphatic rings. The van der Waals surface area contributed by atoms with Crippen LogP contribution in [0.4, 0.5) is 0 Å². The Hall–Kier alpha value is -1.55. The van der Waals surface area contributed by atoms with Gasteiger partial charge in [0, 0.05) is 19.6 Å². The van der Waals surface area contributed by atoms with Crippen LogP contribution >= 0.6 is 0 Å². The molecule has 0 bridgehead atoms. The van der Waals surface area contributed by atoms with Gasteiger partial charge in [-0.05, 0) is 24.1 Å². The number of ether oxygens (including phenoxy) is 1. The van der Waals surface area contributed by atoms with E-state index in [4.69, 9.17) is 9.84 Å². The summed E-state index contributed by atoms with van der Waals surface area (Å²) >= 11 is 0. The predicted octanol–water partition coefficient (Wildman–Crippen LogP) is 1.08. The van der Waals surface area contributed by atoms with E-state index in [1.807, 2.05) is 24.3 Å². The molecule has 0 fully saturated rings. The number of hydrogen-bond donors (Lipinski definition) is 2. The topological polar surface area (TPSA) is 58.6 Å². The Morgan fingerprint density at radius 1 is 1.38 bits per heavy atom. The molecule has 0 spiro atoms. The zero-order valence-corrected chi connectivity index (χ0v) is 9.40. The number of carbonyl (C=O) groups excluding carboxylic acids is 1. The molecule has 1 aromatic rings. The summed E-state index contributed by atoms with van der Waals surface area (Å²) in [6, 6.07) is 7.53. The van der Waals surface area contributed by atoms with E-state index in [-0.39, 0.29) is 12.5 Å². The maximum atomic E-state index is 11.3. The third-order valence-electron chi connectivity index (χ3n) is 2.21. The number of nitrogens with one attached hydrogen (secondary N) is 1. The number of amides is 1. The van der Waals surface area contributed by atoms with Crippen LogP contribution < -0.4 is 10.1 Å². The van der Waals surface area contributed by atoms with Gasteiger partial charge in [0.1, 0.15) is 5.75 Å². The van der Waals surface area contributed by atoms with Crippen molar-refractivity contribution < 1.29 is 14.6 Å². The van der Waals surface area contributed by atoms with Gasteiger partial charge in [0.25, 0.3) is 0 Å². The van der Waals surface area contributed by atoms with Crippen LogP contribution in [0.25, 0.3) is 0 Å². The molecule has 0 aromatic heterocycles. The van der Waals surface area contributed by atoms with Gasteiger partial charge in [-0.2, -0.15) is 0 Å². The van der Waals surface area contributed by atoms with Crippen molar-refractivity contribution in [3.05, 3.63) is 29.8 Å². The van der Waals surface area contributed by atoms with Crippen molar-refractivity contribution in [2.75, 3.05) is 13.7 Å². The van der Waals surface area contributed by atoms with Crippen molar-refractivity contribution in [3.63, 3.8) is 0 Å². The van der Waals surface area contributed by atoms with Crippen LogP contribution in [-0.4, -0.2) is 24.7 Å². The highest BCUT2D eigenvalue weighted by Crippen LogP contribution is 2.10. The minimum absolute atomic E-state index is 0.0372. The third kappa shape index (κ3) is 4.31. The van der Waals surface area contributed by atoms with Crippen molar-refractivity contribution in [2.24, 2.45) is 0 Å². The number of rotatable bonds is 6. The Bertz CT molecular complexity index is 322. The lowest BCUT2D eigenvalue weighted by molar-refractivity contribution is -0.121. The van der Waals surface area contributed by atoms with Gasteiger partial charge < -0.3 is 15.2 Å². The average molecular weight is 223 g/mol. The van der Waals surface area contributed by atoms with Crippen molar-refractivity contribution in [2.45, 2.75) is 19.4 Å². The SMILES string of the molecule is COc1ccc(CNC(=O)CCCO)cc1. The van der Waals surface area contributed by atoms with Crippen LogP contribution in [0.1, 0.15) is 18.4 Å². The highest BCUT2D eigenvalue weighted by molar-refractivity contribution is 5.75. The molecule has 1 aromatic carbocycles. The first-order valence-electron chi connectivity index (χ1n) is 5.26. The highest BCUT2D eigenvalue weighted by Gasteiger charge is 2.00. The molecule has 0 saturated carbocycles. The second-order valence-electron chi connectivity index (χ2n) is 3.45. The zero-order valence-electron chi connectivity index (χ0n) is 9.40. The molecule has 0 saturated heterocycles. The van der Waals surface area contributed by atoms with Crippen LogP contribution in [0, 0.1) is 0 Å². The van der Waals surface area contributed by atoms with E-state index in [2.05, 4.69) is 5.32 Å². The summed E-state index contributed by atoms with van der Waals surface area (Å²) in [5.41, 5.74) is 1.03. The average Bonchev–Trinajstić information content (AvgIpc) is 2.34. The van der Waals surface area contributed by atoms with E-state index in [0.717, 1.165) is 11.3 Å². The van der Waals surface area contributed by atoms with Crippen molar-refractivity contribution in [1.29, 1.82) is 0 Å². The summed E-state index contributed by atoms with van der Waals surface area (Å²) < 4.78 is 5.03. The molecular weight excluding hydrogens is 206 g/mol. The van der Waals surface area contributed by atoms with Gasteiger partial charge in [-0.25, -0.2) is 0 Å². The Labute approximate surface area is 95.2 Å². The number of methoxy groups -OCH3 is 1. The molecule has 0 aliphatic carbocycles. The summed E-state index contributed by atoms with van der Waals surface area (Å²) in [5, 5.41) is 11.3. The standard InChI is InChI=1S/C12H17NO3/c1-16-11-6-4-10(5-7-11)9-13-12(15)3-2-8-14/h4-7,14H,2-3,8-9H2,1H3,(H,13,15). The van der Waals surface area contributed by atoms with Crippen LogP contribution in [0.5, 0.6) is 5.75 Å². The Kier molecular flexibility index (Phi) is 5.36. The molecule has 16 heavy (non-hydrogen) atoms. The second kappa shape index (κ2) is 6.85. The zero-order chi connectivity index (χ0) is 11.8. The number of aliphatic hydroxyl groups excluding tert-OH is 1. The van der Waals surface area contributed by atoms with Gasteiger partial charge in [0.15, 0.2) is 0 Å². The third-order valence-corrected chi connectivity index (χ3v) is 2.21. The summed E-state index contributed by atoms with van der Waals surface area (Å²) in [6.45, 7) is 0.560. The molecule has 0 heterocycles. The molecular formula is C12H17NO3. The molecule has 0 radical (unpaired) electrons. The fourth-order valence-electron chi connectivity index (χ4n) is 1.27. The maximum absolute atomic E-state index is 11.3. The van der Waals surface area contributed by atoms with E-state index in [0.29, 0.717) is 19.4 Å². The first-order valence-corrected chi connectivity index (χ1v) is 5.26. The Morgan fingerprint density at radius 3 is 2.62 bits per heavy atom. The number of benzene rings is 1. The Balaban J connectivity index is 2.33. The molecule has 0 aliphatic heterocycles. The molecule has 1 rings (SSSR count). The Morgan fingerprint density at radius 2 is 2.06 bits per heavy atom. The first-order chi connectivity index (χ1) is 7.76. The lowest BCUT2D eigenvalue weighted by atomic mass is 10.2. The van der Waals surface area contributed by atoms with Crippen LogP contribution in [-0.2, 0) is 11.3 Å².